The molecule has 12 nitrogen and oxygen atoms in total. The summed E-state index contributed by atoms with van der Waals surface area (Å²) >= 11 is 0. The van der Waals surface area contributed by atoms with Crippen molar-refractivity contribution in [3.63, 3.8) is 0 Å². The van der Waals surface area contributed by atoms with Crippen LogP contribution in [-0.2, 0) is 46.9 Å². The molecule has 304 valence electrons. The lowest BCUT2D eigenvalue weighted by Crippen LogP contribution is -2.14. The molecule has 0 amide bonds. The molecule has 0 aliphatic rings. The second kappa shape index (κ2) is 17.7. The molecule has 4 unspecified atom stereocenters. The van der Waals surface area contributed by atoms with Crippen LogP contribution in [0.4, 0.5) is 0 Å². The third kappa shape index (κ3) is 12.1. The van der Waals surface area contributed by atoms with Gasteiger partial charge in [-0.15, -0.1) is 0 Å². The van der Waals surface area contributed by atoms with Crippen molar-refractivity contribution in [2.75, 3.05) is 0 Å². The van der Waals surface area contributed by atoms with Crippen molar-refractivity contribution < 1.29 is 51.9 Å². The minimum atomic E-state index is -4.48. The van der Waals surface area contributed by atoms with E-state index < -0.39 is 40.5 Å². The van der Waals surface area contributed by atoms with Crippen molar-refractivity contribution in [3.8, 4) is 0 Å². The SMILES string of the molecule is Cc1ccc(C(CC(C)c2ccc(S(=O)(=O)O)cc2)CC(CC(CCc2ccc(S(=O)(=O)O)cc2)c2ccc(S(=O)(=O)O)cc2)c2ccc(S(=O)(=O)O)cc2)cc1. The summed E-state index contributed by atoms with van der Waals surface area (Å²) in [6, 6.07) is 31.9. The lowest BCUT2D eigenvalue weighted by Gasteiger charge is -2.30. The van der Waals surface area contributed by atoms with E-state index in [0.717, 1.165) is 33.4 Å². The van der Waals surface area contributed by atoms with Crippen LogP contribution in [0, 0.1) is 6.92 Å². The molecule has 0 fully saturated rings. The molecule has 5 aromatic rings. The Morgan fingerprint density at radius 3 is 1.09 bits per heavy atom. The highest BCUT2D eigenvalue weighted by molar-refractivity contribution is 7.86. The average molecular weight is 857 g/mol. The Morgan fingerprint density at radius 1 is 0.404 bits per heavy atom. The van der Waals surface area contributed by atoms with Gasteiger partial charge in [-0.25, -0.2) is 0 Å². The molecule has 0 aromatic heterocycles. The Kier molecular flexibility index (Phi) is 13.6. The zero-order chi connectivity index (χ0) is 41.8. The molecule has 4 N–H and O–H groups in total. The molecule has 57 heavy (non-hydrogen) atoms. The van der Waals surface area contributed by atoms with Crippen LogP contribution >= 0.6 is 0 Å². The monoisotopic (exact) mass is 856 g/mol. The van der Waals surface area contributed by atoms with Gasteiger partial charge in [0.2, 0.25) is 0 Å². The second-order valence-electron chi connectivity index (χ2n) is 14.4. The van der Waals surface area contributed by atoms with Gasteiger partial charge in [0.1, 0.15) is 0 Å². The topological polar surface area (TPSA) is 217 Å². The van der Waals surface area contributed by atoms with E-state index in [1.54, 1.807) is 48.5 Å². The molecule has 0 radical (unpaired) electrons. The molecule has 0 saturated heterocycles. The highest BCUT2D eigenvalue weighted by Gasteiger charge is 2.27. The fraction of sp³-hybridized carbons (Fsp3) is 0.268. The second-order valence-corrected chi connectivity index (χ2v) is 20.1. The smallest absolute Gasteiger partial charge is 0.282 e. The van der Waals surface area contributed by atoms with Crippen LogP contribution < -0.4 is 0 Å². The van der Waals surface area contributed by atoms with Crippen LogP contribution in [-0.4, -0.2) is 51.9 Å². The molecular formula is C41H44O12S4. The van der Waals surface area contributed by atoms with E-state index in [9.17, 15) is 51.9 Å². The Morgan fingerprint density at radius 2 is 0.702 bits per heavy atom. The van der Waals surface area contributed by atoms with Crippen molar-refractivity contribution >= 4 is 40.5 Å². The van der Waals surface area contributed by atoms with Crippen molar-refractivity contribution in [2.45, 2.75) is 89.2 Å². The number of hydrogen-bond acceptors (Lipinski definition) is 8. The van der Waals surface area contributed by atoms with Crippen LogP contribution in [0.3, 0.4) is 0 Å². The third-order valence-corrected chi connectivity index (χ3v) is 13.8. The van der Waals surface area contributed by atoms with Gasteiger partial charge < -0.3 is 0 Å². The van der Waals surface area contributed by atoms with Gasteiger partial charge in [-0.3, -0.25) is 18.2 Å². The lowest BCUT2D eigenvalue weighted by atomic mass is 9.74. The van der Waals surface area contributed by atoms with Crippen LogP contribution in [0.15, 0.2) is 141 Å². The maximum absolute atomic E-state index is 12.0. The predicted octanol–water partition coefficient (Wildman–Crippen LogP) is 8.24. The average Bonchev–Trinajstić information content (AvgIpc) is 3.15. The van der Waals surface area contributed by atoms with E-state index in [1.165, 1.54) is 48.5 Å². The largest absolute Gasteiger partial charge is 0.294 e. The van der Waals surface area contributed by atoms with Crippen LogP contribution in [0.25, 0.3) is 0 Å². The molecule has 5 aromatic carbocycles. The summed E-state index contributed by atoms with van der Waals surface area (Å²) in [6.07, 6.45) is 2.59. The molecule has 0 saturated carbocycles. The minimum absolute atomic E-state index is 0.0798. The van der Waals surface area contributed by atoms with Gasteiger partial charge >= 0.3 is 0 Å². The summed E-state index contributed by atoms with van der Waals surface area (Å²) in [7, 11) is -17.7. The molecule has 4 atom stereocenters. The van der Waals surface area contributed by atoms with Gasteiger partial charge in [-0.2, -0.15) is 33.7 Å². The number of aryl methyl sites for hydroxylation is 2. The molecule has 0 heterocycles. The molecular weight excluding hydrogens is 813 g/mol. The summed E-state index contributed by atoms with van der Waals surface area (Å²) in [4.78, 5) is -1.01. The molecule has 5 rings (SSSR count). The first-order valence-electron chi connectivity index (χ1n) is 17.9. The molecule has 0 spiro atoms. The van der Waals surface area contributed by atoms with Crippen LogP contribution in [0.2, 0.25) is 0 Å². The maximum atomic E-state index is 12.0. The van der Waals surface area contributed by atoms with Crippen molar-refractivity contribution in [1.29, 1.82) is 0 Å². The Hall–Kier alpha value is -4.26. The minimum Gasteiger partial charge on any atom is -0.282 e. The van der Waals surface area contributed by atoms with Crippen molar-refractivity contribution in [1.82, 2.24) is 0 Å². The number of hydrogen-bond donors (Lipinski definition) is 4. The summed E-state index contributed by atoms with van der Waals surface area (Å²) in [5, 5.41) is 0. The van der Waals surface area contributed by atoms with E-state index in [1.807, 2.05) is 26.0 Å². The van der Waals surface area contributed by atoms with Crippen LogP contribution in [0.5, 0.6) is 0 Å². The summed E-state index contributed by atoms with van der Waals surface area (Å²) in [6.45, 7) is 4.00. The zero-order valence-corrected chi connectivity index (χ0v) is 34.3. The first-order valence-corrected chi connectivity index (χ1v) is 23.7. The van der Waals surface area contributed by atoms with Gasteiger partial charge in [0.15, 0.2) is 0 Å². The van der Waals surface area contributed by atoms with E-state index in [2.05, 4.69) is 12.1 Å². The Labute approximate surface area is 334 Å². The standard InChI is InChI=1S/C41H44O12S4/c1-28-3-8-33(9-4-28)36(25-29(2)31-11-19-39(20-12-31)55(45,46)47)27-37(34-15-23-41(24-16-34)57(51,52)53)26-35(32-13-21-40(22-14-32)56(48,49)50)10-5-30-6-17-38(18-7-30)54(42,43)44/h3-4,6-9,11-24,29,35-37H,5,10,25-27H2,1-2H3,(H,42,43,44)(H,45,46,47)(H,48,49,50)(H,51,52,53). The van der Waals surface area contributed by atoms with Crippen LogP contribution in [0.1, 0.15) is 89.7 Å². The van der Waals surface area contributed by atoms with E-state index in [0.29, 0.717) is 32.1 Å². The normalized spacial score (nSPS) is 14.8. The predicted molar refractivity (Wildman–Crippen MR) is 215 cm³/mol. The lowest BCUT2D eigenvalue weighted by molar-refractivity contribution is 0.423. The van der Waals surface area contributed by atoms with Gasteiger partial charge in [0.25, 0.3) is 40.5 Å². The van der Waals surface area contributed by atoms with Gasteiger partial charge in [0, 0.05) is 0 Å². The van der Waals surface area contributed by atoms with Gasteiger partial charge in [0.05, 0.1) is 19.6 Å². The summed E-state index contributed by atoms with van der Waals surface area (Å²) in [5.74, 6) is -0.682. The summed E-state index contributed by atoms with van der Waals surface area (Å²) in [5.41, 5.74) is 5.27. The van der Waals surface area contributed by atoms with Gasteiger partial charge in [-0.05, 0) is 139 Å². The zero-order valence-electron chi connectivity index (χ0n) is 31.1. The van der Waals surface area contributed by atoms with E-state index in [4.69, 9.17) is 0 Å². The van der Waals surface area contributed by atoms with Crippen molar-refractivity contribution in [3.05, 3.63) is 155 Å². The molecule has 0 aliphatic heterocycles. The Balaban J connectivity index is 1.56. The molecule has 0 bridgehead atoms. The highest BCUT2D eigenvalue weighted by Crippen LogP contribution is 2.43. The van der Waals surface area contributed by atoms with E-state index >= 15 is 0 Å². The highest BCUT2D eigenvalue weighted by atomic mass is 32.2. The molecule has 0 aliphatic carbocycles. The maximum Gasteiger partial charge on any atom is 0.294 e. The number of benzene rings is 5. The Bertz CT molecular complexity index is 2590. The first-order chi connectivity index (χ1) is 26.6. The van der Waals surface area contributed by atoms with Gasteiger partial charge in [-0.1, -0.05) is 85.3 Å². The summed E-state index contributed by atoms with van der Waals surface area (Å²) < 4.78 is 133. The third-order valence-electron chi connectivity index (χ3n) is 10.4. The first kappa shape index (κ1) is 43.9. The fourth-order valence-electron chi connectivity index (χ4n) is 7.21. The molecule has 16 heteroatoms. The number of rotatable bonds is 17. The fourth-order valence-corrected chi connectivity index (χ4v) is 9.13. The van der Waals surface area contributed by atoms with E-state index in [-0.39, 0.29) is 43.3 Å². The quantitative estimate of drug-likeness (QED) is 0.0650. The van der Waals surface area contributed by atoms with Crippen molar-refractivity contribution in [2.24, 2.45) is 0 Å².